The lowest BCUT2D eigenvalue weighted by Gasteiger charge is -2.08. The number of ether oxygens (including phenoxy) is 2. The zero-order chi connectivity index (χ0) is 20.5. The van der Waals surface area contributed by atoms with Gasteiger partial charge in [-0.05, 0) is 62.2 Å². The van der Waals surface area contributed by atoms with Crippen LogP contribution in [0, 0.1) is 13.8 Å². The molecule has 6 heteroatoms. The Bertz CT molecular complexity index is 843. The molecule has 0 saturated carbocycles. The third-order valence-electron chi connectivity index (χ3n) is 4.20. The van der Waals surface area contributed by atoms with Crippen LogP contribution in [0.5, 0.6) is 5.75 Å². The van der Waals surface area contributed by atoms with Gasteiger partial charge in [-0.25, -0.2) is 0 Å². The summed E-state index contributed by atoms with van der Waals surface area (Å²) in [5.41, 5.74) is 3.28. The monoisotopic (exact) mass is 383 g/mol. The number of esters is 1. The van der Waals surface area contributed by atoms with Gasteiger partial charge in [0.05, 0.1) is 13.0 Å². The van der Waals surface area contributed by atoms with E-state index in [2.05, 4.69) is 5.32 Å². The quantitative estimate of drug-likeness (QED) is 0.525. The first-order chi connectivity index (χ1) is 13.4. The first-order valence-corrected chi connectivity index (χ1v) is 9.18. The molecule has 28 heavy (non-hydrogen) atoms. The van der Waals surface area contributed by atoms with Crippen LogP contribution in [-0.2, 0) is 14.3 Å². The second kappa shape index (κ2) is 10.3. The number of carbonyl (C=O) groups is 3. The lowest BCUT2D eigenvalue weighted by Crippen LogP contribution is -2.21. The third-order valence-corrected chi connectivity index (χ3v) is 4.20. The van der Waals surface area contributed by atoms with Gasteiger partial charge in [-0.3, -0.25) is 14.4 Å². The fraction of sp³-hybridized carbons (Fsp3) is 0.318. The van der Waals surface area contributed by atoms with Gasteiger partial charge in [0.1, 0.15) is 5.75 Å². The molecule has 0 unspecified atom stereocenters. The number of Topliss-reactive ketones (excluding diaryl/α,β-unsaturated/α-hetero) is 1. The number of anilines is 1. The minimum Gasteiger partial charge on any atom is -0.494 e. The molecule has 6 nitrogen and oxygen atoms in total. The van der Waals surface area contributed by atoms with E-state index in [4.69, 9.17) is 9.47 Å². The molecule has 0 aromatic heterocycles. The average Bonchev–Trinajstić information content (AvgIpc) is 2.68. The van der Waals surface area contributed by atoms with Crippen LogP contribution in [-0.4, -0.2) is 30.9 Å². The van der Waals surface area contributed by atoms with Gasteiger partial charge < -0.3 is 14.8 Å². The number of benzene rings is 2. The predicted molar refractivity (Wildman–Crippen MR) is 107 cm³/mol. The fourth-order valence-corrected chi connectivity index (χ4v) is 2.49. The first kappa shape index (κ1) is 21.2. The van der Waals surface area contributed by atoms with Crippen LogP contribution in [0.15, 0.2) is 42.5 Å². The van der Waals surface area contributed by atoms with Gasteiger partial charge in [0.25, 0.3) is 5.91 Å². The molecule has 148 valence electrons. The molecule has 0 atom stereocenters. The Balaban J connectivity index is 1.73. The summed E-state index contributed by atoms with van der Waals surface area (Å²) in [6, 6.07) is 12.3. The Morgan fingerprint density at radius 3 is 2.29 bits per heavy atom. The summed E-state index contributed by atoms with van der Waals surface area (Å²) in [7, 11) is 0. The van der Waals surface area contributed by atoms with E-state index in [9.17, 15) is 14.4 Å². The van der Waals surface area contributed by atoms with E-state index in [0.29, 0.717) is 23.6 Å². The number of amides is 1. The lowest BCUT2D eigenvalue weighted by molar-refractivity contribution is -0.147. The first-order valence-electron chi connectivity index (χ1n) is 9.18. The van der Waals surface area contributed by atoms with Crippen molar-refractivity contribution in [3.05, 3.63) is 59.2 Å². The summed E-state index contributed by atoms with van der Waals surface area (Å²) in [6.07, 6.45) is -0.0239. The maximum Gasteiger partial charge on any atom is 0.306 e. The smallest absolute Gasteiger partial charge is 0.306 e. The summed E-state index contributed by atoms with van der Waals surface area (Å²) in [5.74, 6) is -0.448. The zero-order valence-corrected chi connectivity index (χ0v) is 16.4. The largest absolute Gasteiger partial charge is 0.494 e. The highest BCUT2D eigenvalue weighted by atomic mass is 16.5. The van der Waals surface area contributed by atoms with Crippen molar-refractivity contribution < 1.29 is 23.9 Å². The van der Waals surface area contributed by atoms with Crippen molar-refractivity contribution in [3.8, 4) is 5.75 Å². The van der Waals surface area contributed by atoms with Crippen molar-refractivity contribution in [2.45, 2.75) is 33.6 Å². The average molecular weight is 383 g/mol. The Morgan fingerprint density at radius 2 is 1.64 bits per heavy atom. The maximum atomic E-state index is 12.2. The van der Waals surface area contributed by atoms with Crippen LogP contribution in [0.1, 0.15) is 41.3 Å². The van der Waals surface area contributed by atoms with E-state index in [-0.39, 0.29) is 18.6 Å². The molecule has 1 N–H and O–H groups in total. The molecule has 0 fully saturated rings. The van der Waals surface area contributed by atoms with Crippen LogP contribution in [0.3, 0.4) is 0 Å². The second-order valence-electron chi connectivity index (χ2n) is 6.39. The standard InChI is InChI=1S/C22H25NO5/c1-4-27-19-9-7-18(8-10-19)23-21(25)14-28-22(26)12-11-20(24)17-6-5-15(2)16(3)13-17/h5-10,13H,4,11-12,14H2,1-3H3,(H,23,25). The van der Waals surface area contributed by atoms with Crippen molar-refractivity contribution in [2.24, 2.45) is 0 Å². The topological polar surface area (TPSA) is 81.7 Å². The molecule has 0 aliphatic heterocycles. The van der Waals surface area contributed by atoms with Gasteiger partial charge in [0.15, 0.2) is 12.4 Å². The second-order valence-corrected chi connectivity index (χ2v) is 6.39. The van der Waals surface area contributed by atoms with E-state index in [1.54, 1.807) is 30.3 Å². The molecule has 2 aromatic rings. The summed E-state index contributed by atoms with van der Waals surface area (Å²) in [4.78, 5) is 35.8. The van der Waals surface area contributed by atoms with Crippen LogP contribution in [0.4, 0.5) is 5.69 Å². The van der Waals surface area contributed by atoms with Gasteiger partial charge in [-0.2, -0.15) is 0 Å². The van der Waals surface area contributed by atoms with Crippen molar-refractivity contribution in [1.29, 1.82) is 0 Å². The third kappa shape index (κ3) is 6.54. The molecule has 0 heterocycles. The van der Waals surface area contributed by atoms with Crippen LogP contribution in [0.2, 0.25) is 0 Å². The highest BCUT2D eigenvalue weighted by Crippen LogP contribution is 2.16. The van der Waals surface area contributed by atoms with Crippen molar-refractivity contribution >= 4 is 23.3 Å². The van der Waals surface area contributed by atoms with Gasteiger partial charge in [0, 0.05) is 17.7 Å². The van der Waals surface area contributed by atoms with Crippen molar-refractivity contribution in [3.63, 3.8) is 0 Å². The highest BCUT2D eigenvalue weighted by molar-refractivity contribution is 5.98. The van der Waals surface area contributed by atoms with E-state index in [0.717, 1.165) is 11.1 Å². The lowest BCUT2D eigenvalue weighted by atomic mass is 10.0. The Morgan fingerprint density at radius 1 is 0.929 bits per heavy atom. The van der Waals surface area contributed by atoms with Gasteiger partial charge in [-0.15, -0.1) is 0 Å². The van der Waals surface area contributed by atoms with Crippen molar-refractivity contribution in [1.82, 2.24) is 0 Å². The van der Waals surface area contributed by atoms with E-state index >= 15 is 0 Å². The van der Waals surface area contributed by atoms with E-state index in [1.807, 2.05) is 32.9 Å². The van der Waals surface area contributed by atoms with Crippen LogP contribution < -0.4 is 10.1 Å². The number of nitrogens with one attached hydrogen (secondary N) is 1. The SMILES string of the molecule is CCOc1ccc(NC(=O)COC(=O)CCC(=O)c2ccc(C)c(C)c2)cc1. The minimum absolute atomic E-state index is 0.0435. The Labute approximate surface area is 164 Å². The fourth-order valence-electron chi connectivity index (χ4n) is 2.49. The molecule has 0 saturated heterocycles. The van der Waals surface area contributed by atoms with Gasteiger partial charge in [-0.1, -0.05) is 12.1 Å². The molecular weight excluding hydrogens is 358 g/mol. The summed E-state index contributed by atoms with van der Waals surface area (Å²) in [6.45, 7) is 5.96. The van der Waals surface area contributed by atoms with Gasteiger partial charge >= 0.3 is 5.97 Å². The van der Waals surface area contributed by atoms with Crippen LogP contribution in [0.25, 0.3) is 0 Å². The van der Waals surface area contributed by atoms with Gasteiger partial charge in [0.2, 0.25) is 0 Å². The Kier molecular flexibility index (Phi) is 7.75. The summed E-state index contributed by atoms with van der Waals surface area (Å²) >= 11 is 0. The molecule has 2 aromatic carbocycles. The molecule has 0 bridgehead atoms. The number of ketones is 1. The highest BCUT2D eigenvalue weighted by Gasteiger charge is 2.12. The molecule has 0 spiro atoms. The Hall–Kier alpha value is -3.15. The summed E-state index contributed by atoms with van der Waals surface area (Å²) in [5, 5.41) is 2.63. The van der Waals surface area contributed by atoms with E-state index in [1.165, 1.54) is 0 Å². The number of hydrogen-bond acceptors (Lipinski definition) is 5. The van der Waals surface area contributed by atoms with E-state index < -0.39 is 18.5 Å². The molecule has 1 amide bonds. The summed E-state index contributed by atoms with van der Waals surface area (Å²) < 4.78 is 10.3. The molecule has 0 aliphatic rings. The number of hydrogen-bond donors (Lipinski definition) is 1. The molecule has 0 aliphatic carbocycles. The molecule has 2 rings (SSSR count). The number of carbonyl (C=O) groups excluding carboxylic acids is 3. The van der Waals surface area contributed by atoms with Crippen molar-refractivity contribution in [2.75, 3.05) is 18.5 Å². The minimum atomic E-state index is -0.584. The normalized spacial score (nSPS) is 10.2. The van der Waals surface area contributed by atoms with Crippen LogP contribution >= 0.6 is 0 Å². The predicted octanol–water partition coefficient (Wildman–Crippen LogP) is 3.85. The zero-order valence-electron chi connectivity index (χ0n) is 16.4. The molecule has 0 radical (unpaired) electrons. The maximum absolute atomic E-state index is 12.2. The molecular formula is C22H25NO5. The number of aryl methyl sites for hydroxylation is 2. The number of rotatable bonds is 9.